The number of fused-ring (bicyclic) bond motifs is 1. The minimum absolute atomic E-state index is 0.159. The topological polar surface area (TPSA) is 54.7 Å². The van der Waals surface area contributed by atoms with E-state index in [4.69, 9.17) is 9.15 Å². The molecule has 0 bridgehead atoms. The monoisotopic (exact) mass is 418 g/mol. The molecule has 1 aromatic heterocycles. The molecule has 31 heavy (non-hydrogen) atoms. The normalized spacial score (nSPS) is 15.0. The van der Waals surface area contributed by atoms with Gasteiger partial charge in [0.1, 0.15) is 17.9 Å². The van der Waals surface area contributed by atoms with E-state index in [-0.39, 0.29) is 18.6 Å². The summed E-state index contributed by atoms with van der Waals surface area (Å²) in [5.74, 6) is 0.956. The van der Waals surface area contributed by atoms with Crippen molar-refractivity contribution in [1.82, 2.24) is 10.2 Å². The van der Waals surface area contributed by atoms with Gasteiger partial charge in [-0.2, -0.15) is 0 Å². The van der Waals surface area contributed by atoms with Crippen LogP contribution in [0.15, 0.2) is 70.7 Å². The van der Waals surface area contributed by atoms with Crippen molar-refractivity contribution in [3.05, 3.63) is 77.6 Å². The number of carbonyl (C=O) groups excluding carboxylic acids is 1. The van der Waals surface area contributed by atoms with Gasteiger partial charge in [0.2, 0.25) is 0 Å². The summed E-state index contributed by atoms with van der Waals surface area (Å²) in [5.41, 5.74) is 2.83. The number of furan rings is 1. The Labute approximate surface area is 183 Å². The van der Waals surface area contributed by atoms with E-state index >= 15 is 0 Å². The molecule has 0 spiro atoms. The van der Waals surface area contributed by atoms with E-state index in [1.165, 1.54) is 5.57 Å². The maximum atomic E-state index is 13.1. The highest BCUT2D eigenvalue weighted by molar-refractivity contribution is 5.99. The van der Waals surface area contributed by atoms with E-state index in [0.717, 1.165) is 49.2 Å². The fourth-order valence-electron chi connectivity index (χ4n) is 3.92. The number of nitrogens with one attached hydrogen (secondary N) is 1. The van der Waals surface area contributed by atoms with Gasteiger partial charge in [-0.25, -0.2) is 0 Å². The summed E-state index contributed by atoms with van der Waals surface area (Å²) in [7, 11) is 0. The zero-order chi connectivity index (χ0) is 21.6. The number of piperidine rings is 1. The van der Waals surface area contributed by atoms with Gasteiger partial charge < -0.3 is 14.5 Å². The number of amides is 1. The molecule has 3 aromatic rings. The molecule has 0 unspecified atom stereocenters. The second-order valence-electron chi connectivity index (χ2n) is 8.34. The standard InChI is InChI=1S/C26H30N2O3/c1-19(2)12-15-28-16-13-20(14-17-28)27-26(29)25-23(18-30-21-8-4-3-5-9-21)22-10-6-7-11-24(22)31-25/h3-12,20H,13-18H2,1-2H3,(H,27,29). The van der Waals surface area contributed by atoms with E-state index in [0.29, 0.717) is 11.3 Å². The Morgan fingerprint density at radius 2 is 1.81 bits per heavy atom. The number of para-hydroxylation sites is 2. The molecule has 162 valence electrons. The number of hydrogen-bond donors (Lipinski definition) is 1. The Kier molecular flexibility index (Phi) is 6.73. The van der Waals surface area contributed by atoms with Crippen molar-refractivity contribution in [3.8, 4) is 5.75 Å². The molecule has 0 aliphatic carbocycles. The molecule has 1 amide bonds. The number of nitrogens with zero attached hydrogens (tertiary/aromatic N) is 1. The number of rotatable bonds is 7. The van der Waals surface area contributed by atoms with Crippen LogP contribution in [0.3, 0.4) is 0 Å². The first-order chi connectivity index (χ1) is 15.1. The molecule has 0 saturated carbocycles. The Morgan fingerprint density at radius 3 is 2.55 bits per heavy atom. The van der Waals surface area contributed by atoms with E-state index in [1.54, 1.807) is 0 Å². The van der Waals surface area contributed by atoms with Gasteiger partial charge in [0.15, 0.2) is 5.76 Å². The van der Waals surface area contributed by atoms with Crippen molar-refractivity contribution in [3.63, 3.8) is 0 Å². The zero-order valence-corrected chi connectivity index (χ0v) is 18.3. The van der Waals surface area contributed by atoms with Crippen molar-refractivity contribution in [2.75, 3.05) is 19.6 Å². The fourth-order valence-corrected chi connectivity index (χ4v) is 3.92. The Morgan fingerprint density at radius 1 is 1.10 bits per heavy atom. The third-order valence-corrected chi connectivity index (χ3v) is 5.71. The van der Waals surface area contributed by atoms with Crippen LogP contribution in [0.2, 0.25) is 0 Å². The molecule has 0 atom stereocenters. The molecule has 1 aliphatic rings. The third-order valence-electron chi connectivity index (χ3n) is 5.71. The van der Waals surface area contributed by atoms with E-state index in [2.05, 4.69) is 30.1 Å². The second kappa shape index (κ2) is 9.84. The molecule has 1 fully saturated rings. The lowest BCUT2D eigenvalue weighted by Crippen LogP contribution is -2.44. The van der Waals surface area contributed by atoms with Crippen LogP contribution in [0.1, 0.15) is 42.8 Å². The van der Waals surface area contributed by atoms with Crippen LogP contribution in [0.5, 0.6) is 5.75 Å². The lowest BCUT2D eigenvalue weighted by Gasteiger charge is -2.31. The largest absolute Gasteiger partial charge is 0.489 e. The lowest BCUT2D eigenvalue weighted by molar-refractivity contribution is 0.0884. The summed E-state index contributed by atoms with van der Waals surface area (Å²) in [6, 6.07) is 17.5. The second-order valence-corrected chi connectivity index (χ2v) is 8.34. The number of allylic oxidation sites excluding steroid dienone is 1. The maximum Gasteiger partial charge on any atom is 0.287 e. The smallest absolute Gasteiger partial charge is 0.287 e. The van der Waals surface area contributed by atoms with Gasteiger partial charge in [-0.3, -0.25) is 9.69 Å². The van der Waals surface area contributed by atoms with Crippen LogP contribution >= 0.6 is 0 Å². The highest BCUT2D eigenvalue weighted by Gasteiger charge is 2.25. The minimum Gasteiger partial charge on any atom is -0.489 e. The molecule has 5 nitrogen and oxygen atoms in total. The average molecular weight is 419 g/mol. The van der Waals surface area contributed by atoms with Gasteiger partial charge in [-0.1, -0.05) is 48.0 Å². The number of benzene rings is 2. The van der Waals surface area contributed by atoms with Gasteiger partial charge in [0.05, 0.1) is 0 Å². The van der Waals surface area contributed by atoms with Gasteiger partial charge in [-0.05, 0) is 44.9 Å². The summed E-state index contributed by atoms with van der Waals surface area (Å²) in [6.07, 6.45) is 4.14. The Hall–Kier alpha value is -3.05. The van der Waals surface area contributed by atoms with Gasteiger partial charge in [0.25, 0.3) is 5.91 Å². The van der Waals surface area contributed by atoms with Gasteiger partial charge in [0, 0.05) is 36.6 Å². The quantitative estimate of drug-likeness (QED) is 0.538. The van der Waals surface area contributed by atoms with Crippen LogP contribution < -0.4 is 10.1 Å². The van der Waals surface area contributed by atoms with Crippen molar-refractivity contribution in [2.24, 2.45) is 0 Å². The lowest BCUT2D eigenvalue weighted by atomic mass is 10.0. The van der Waals surface area contributed by atoms with Crippen LogP contribution in [-0.4, -0.2) is 36.5 Å². The van der Waals surface area contributed by atoms with Crippen LogP contribution in [0.4, 0.5) is 0 Å². The molecule has 1 saturated heterocycles. The molecule has 2 aromatic carbocycles. The number of ether oxygens (including phenoxy) is 1. The number of likely N-dealkylation sites (tertiary alicyclic amines) is 1. The molecule has 0 radical (unpaired) electrons. The summed E-state index contributed by atoms with van der Waals surface area (Å²) >= 11 is 0. The number of hydrogen-bond acceptors (Lipinski definition) is 4. The number of carbonyl (C=O) groups is 1. The SMILES string of the molecule is CC(C)=CCN1CCC(NC(=O)c2oc3ccccc3c2COc2ccccc2)CC1. The van der Waals surface area contributed by atoms with Crippen molar-refractivity contribution in [1.29, 1.82) is 0 Å². The minimum atomic E-state index is -0.161. The fraction of sp³-hybridized carbons (Fsp3) is 0.346. The average Bonchev–Trinajstić information content (AvgIpc) is 3.17. The Balaban J connectivity index is 1.45. The summed E-state index contributed by atoms with van der Waals surface area (Å²) in [5, 5.41) is 4.11. The summed E-state index contributed by atoms with van der Waals surface area (Å²) < 4.78 is 11.9. The molecule has 4 rings (SSSR count). The van der Waals surface area contributed by atoms with Gasteiger partial charge in [-0.15, -0.1) is 0 Å². The third kappa shape index (κ3) is 5.36. The highest BCUT2D eigenvalue weighted by Crippen LogP contribution is 2.27. The Bertz CT molecular complexity index is 1040. The van der Waals surface area contributed by atoms with E-state index < -0.39 is 0 Å². The highest BCUT2D eigenvalue weighted by atomic mass is 16.5. The predicted octanol–water partition coefficient (Wildman–Crippen LogP) is 5.17. The first kappa shape index (κ1) is 21.2. The van der Waals surface area contributed by atoms with Gasteiger partial charge >= 0.3 is 0 Å². The van der Waals surface area contributed by atoms with Crippen molar-refractivity contribution >= 4 is 16.9 Å². The molecule has 2 heterocycles. The zero-order valence-electron chi connectivity index (χ0n) is 18.3. The first-order valence-corrected chi connectivity index (χ1v) is 10.9. The van der Waals surface area contributed by atoms with E-state index in [9.17, 15) is 4.79 Å². The van der Waals surface area contributed by atoms with Crippen LogP contribution in [0, 0.1) is 0 Å². The molecule has 5 heteroatoms. The molecular weight excluding hydrogens is 388 g/mol. The summed E-state index contributed by atoms with van der Waals surface area (Å²) in [4.78, 5) is 15.6. The van der Waals surface area contributed by atoms with Crippen LogP contribution in [0.25, 0.3) is 11.0 Å². The van der Waals surface area contributed by atoms with Crippen molar-refractivity contribution in [2.45, 2.75) is 39.3 Å². The molecule has 1 aliphatic heterocycles. The predicted molar refractivity (Wildman–Crippen MR) is 123 cm³/mol. The van der Waals surface area contributed by atoms with Crippen molar-refractivity contribution < 1.29 is 13.9 Å². The summed E-state index contributed by atoms with van der Waals surface area (Å²) in [6.45, 7) is 7.48. The molecular formula is C26H30N2O3. The maximum absolute atomic E-state index is 13.1. The van der Waals surface area contributed by atoms with E-state index in [1.807, 2.05) is 54.6 Å². The van der Waals surface area contributed by atoms with Crippen LogP contribution in [-0.2, 0) is 6.61 Å². The first-order valence-electron chi connectivity index (χ1n) is 10.9. The molecule has 1 N–H and O–H groups in total.